The third-order valence-corrected chi connectivity index (χ3v) is 5.93. The van der Waals surface area contributed by atoms with Crippen molar-refractivity contribution in [2.24, 2.45) is 0 Å². The van der Waals surface area contributed by atoms with Crippen molar-refractivity contribution < 1.29 is 24.6 Å². The monoisotopic (exact) mass is 494 g/mol. The summed E-state index contributed by atoms with van der Waals surface area (Å²) in [6.07, 6.45) is 3.07. The van der Waals surface area contributed by atoms with Crippen molar-refractivity contribution in [1.82, 2.24) is 10.2 Å². The number of hydrogen-bond donors (Lipinski definition) is 5. The highest BCUT2D eigenvalue weighted by Crippen LogP contribution is 2.35. The molecule has 11 heteroatoms. The second-order valence-corrected chi connectivity index (χ2v) is 8.59. The number of amides is 3. The van der Waals surface area contributed by atoms with E-state index in [1.807, 2.05) is 0 Å². The smallest absolute Gasteiger partial charge is 0.314 e. The van der Waals surface area contributed by atoms with Crippen molar-refractivity contribution in [3.05, 3.63) is 45.9 Å². The van der Waals surface area contributed by atoms with Crippen LogP contribution < -0.4 is 16.0 Å². The summed E-state index contributed by atoms with van der Waals surface area (Å²) < 4.78 is 0. The van der Waals surface area contributed by atoms with Crippen LogP contribution in [0.3, 0.4) is 0 Å². The van der Waals surface area contributed by atoms with Gasteiger partial charge in [-0.25, -0.2) is 0 Å². The maximum Gasteiger partial charge on any atom is 0.314 e. The average molecular weight is 495 g/mol. The van der Waals surface area contributed by atoms with Gasteiger partial charge in [0, 0.05) is 23.2 Å². The molecule has 1 aliphatic rings. The molecule has 176 valence electrons. The van der Waals surface area contributed by atoms with Gasteiger partial charge in [-0.15, -0.1) is 0 Å². The van der Waals surface area contributed by atoms with E-state index in [1.165, 1.54) is 30.3 Å². The molecule has 3 rings (SSSR count). The van der Waals surface area contributed by atoms with E-state index in [4.69, 9.17) is 23.2 Å². The molecule has 1 atom stereocenters. The zero-order valence-electron chi connectivity index (χ0n) is 17.8. The number of likely N-dealkylation sites (tertiary alicyclic amines) is 1. The number of phenolic OH excluding ortho intramolecular Hbond substituents is 2. The molecule has 0 spiro atoms. The zero-order valence-corrected chi connectivity index (χ0v) is 19.3. The molecule has 1 aliphatic heterocycles. The Morgan fingerprint density at radius 2 is 1.76 bits per heavy atom. The van der Waals surface area contributed by atoms with Crippen molar-refractivity contribution in [3.8, 4) is 11.5 Å². The molecule has 0 saturated carbocycles. The van der Waals surface area contributed by atoms with Crippen LogP contribution >= 0.6 is 23.2 Å². The van der Waals surface area contributed by atoms with E-state index in [2.05, 4.69) is 27.9 Å². The molecular formula is C22H24Cl2N4O5. The maximum atomic E-state index is 12.5. The molecule has 1 heterocycles. The molecule has 1 saturated heterocycles. The fraction of sp³-hybridized carbons (Fsp3) is 0.318. The first kappa shape index (κ1) is 24.6. The van der Waals surface area contributed by atoms with Gasteiger partial charge < -0.3 is 31.1 Å². The van der Waals surface area contributed by atoms with Gasteiger partial charge >= 0.3 is 11.8 Å². The first-order valence-electron chi connectivity index (χ1n) is 10.3. The largest absolute Gasteiger partial charge is 0.506 e. The molecule has 9 nitrogen and oxygen atoms in total. The highest BCUT2D eigenvalue weighted by molar-refractivity contribution is 6.44. The topological polar surface area (TPSA) is 131 Å². The van der Waals surface area contributed by atoms with E-state index in [0.717, 1.165) is 25.8 Å². The van der Waals surface area contributed by atoms with E-state index < -0.39 is 17.6 Å². The molecule has 3 amide bonds. The Balaban J connectivity index is 1.61. The lowest BCUT2D eigenvalue weighted by Gasteiger charge is -2.19. The quantitative estimate of drug-likeness (QED) is 0.309. The number of aromatic hydroxyl groups is 2. The van der Waals surface area contributed by atoms with Crippen molar-refractivity contribution in [1.29, 1.82) is 0 Å². The van der Waals surface area contributed by atoms with Crippen LogP contribution in [0.4, 0.5) is 11.4 Å². The van der Waals surface area contributed by atoms with Gasteiger partial charge in [-0.05, 0) is 63.2 Å². The second-order valence-electron chi connectivity index (χ2n) is 7.75. The Bertz CT molecular complexity index is 1080. The van der Waals surface area contributed by atoms with E-state index in [0.29, 0.717) is 12.6 Å². The number of hydrogen-bond acceptors (Lipinski definition) is 6. The third-order valence-electron chi connectivity index (χ3n) is 5.42. The minimum absolute atomic E-state index is 0.103. The molecule has 0 aromatic heterocycles. The summed E-state index contributed by atoms with van der Waals surface area (Å²) in [4.78, 5) is 39.3. The Morgan fingerprint density at radius 1 is 1.06 bits per heavy atom. The number of rotatable bonds is 6. The molecule has 5 N–H and O–H groups in total. The number of nitrogens with zero attached hydrogens (tertiary/aromatic N) is 1. The lowest BCUT2D eigenvalue weighted by Crippen LogP contribution is -2.32. The van der Waals surface area contributed by atoms with Crippen LogP contribution in [0, 0.1) is 0 Å². The summed E-state index contributed by atoms with van der Waals surface area (Å²) in [7, 11) is 2.06. The normalized spacial score (nSPS) is 15.8. The number of phenols is 2. The van der Waals surface area contributed by atoms with Crippen molar-refractivity contribution in [3.63, 3.8) is 0 Å². The van der Waals surface area contributed by atoms with Crippen LogP contribution in [0.2, 0.25) is 10.0 Å². The highest BCUT2D eigenvalue weighted by Gasteiger charge is 2.21. The van der Waals surface area contributed by atoms with Gasteiger partial charge in [0.15, 0.2) is 5.75 Å². The summed E-state index contributed by atoms with van der Waals surface area (Å²) in [5.74, 6) is -3.42. The Morgan fingerprint density at radius 3 is 2.42 bits per heavy atom. The van der Waals surface area contributed by atoms with E-state index in [-0.39, 0.29) is 38.6 Å². The number of halogens is 2. The molecule has 0 aliphatic carbocycles. The van der Waals surface area contributed by atoms with Crippen LogP contribution in [0.1, 0.15) is 29.6 Å². The fourth-order valence-corrected chi connectivity index (χ4v) is 4.09. The predicted octanol–water partition coefficient (Wildman–Crippen LogP) is 3.20. The Kier molecular flexibility index (Phi) is 8.01. The minimum atomic E-state index is -1.14. The summed E-state index contributed by atoms with van der Waals surface area (Å²) in [6.45, 7) is 1.54. The van der Waals surface area contributed by atoms with Gasteiger partial charge in [-0.2, -0.15) is 0 Å². The number of carbonyl (C=O) groups is 3. The standard InChI is InChI=1S/C22H24Cl2N4O5/c1-28-8-2-3-14(28)6-7-25-20(31)12-4-5-18(29)16(9-12)26-21(32)22(33)27-17-11-13(23)10-15(24)19(17)30/h4-5,9-11,14,29-30H,2-3,6-8H2,1H3,(H,25,31)(H,26,32)(H,27,33). The minimum Gasteiger partial charge on any atom is -0.506 e. The lowest BCUT2D eigenvalue weighted by molar-refractivity contribution is -0.133. The van der Waals surface area contributed by atoms with E-state index in [9.17, 15) is 24.6 Å². The lowest BCUT2D eigenvalue weighted by atomic mass is 10.1. The summed E-state index contributed by atoms with van der Waals surface area (Å²) in [5.41, 5.74) is -0.0628. The fourth-order valence-electron chi connectivity index (χ4n) is 3.60. The predicted molar refractivity (Wildman–Crippen MR) is 126 cm³/mol. The van der Waals surface area contributed by atoms with Gasteiger partial charge in [-0.3, -0.25) is 14.4 Å². The van der Waals surface area contributed by atoms with Crippen LogP contribution in [0.25, 0.3) is 0 Å². The summed E-state index contributed by atoms with van der Waals surface area (Å²) >= 11 is 11.6. The molecule has 0 bridgehead atoms. The first-order chi connectivity index (χ1) is 15.7. The Labute approximate surface area is 200 Å². The molecular weight excluding hydrogens is 471 g/mol. The second kappa shape index (κ2) is 10.7. The molecule has 1 fully saturated rings. The molecule has 0 radical (unpaired) electrons. The first-order valence-corrected chi connectivity index (χ1v) is 11.0. The van der Waals surface area contributed by atoms with E-state index in [1.54, 1.807) is 0 Å². The van der Waals surface area contributed by atoms with Crippen molar-refractivity contribution in [2.75, 3.05) is 30.8 Å². The highest BCUT2D eigenvalue weighted by atomic mass is 35.5. The van der Waals surface area contributed by atoms with Gasteiger partial charge in [0.1, 0.15) is 5.75 Å². The number of benzene rings is 2. The zero-order chi connectivity index (χ0) is 24.1. The SMILES string of the molecule is CN1CCCC1CCNC(=O)c1ccc(O)c(NC(=O)C(=O)Nc2cc(Cl)cc(Cl)c2O)c1. The number of carbonyl (C=O) groups excluding carboxylic acids is 3. The van der Waals surface area contributed by atoms with Gasteiger partial charge in [0.25, 0.3) is 5.91 Å². The number of anilines is 2. The van der Waals surface area contributed by atoms with Crippen LogP contribution in [-0.2, 0) is 9.59 Å². The summed E-state index contributed by atoms with van der Waals surface area (Å²) in [6, 6.07) is 6.86. The van der Waals surface area contributed by atoms with Gasteiger partial charge in [0.2, 0.25) is 0 Å². The van der Waals surface area contributed by atoms with Crippen molar-refractivity contribution >= 4 is 52.3 Å². The maximum absolute atomic E-state index is 12.5. The molecule has 2 aromatic carbocycles. The van der Waals surface area contributed by atoms with Crippen LogP contribution in [0.15, 0.2) is 30.3 Å². The third kappa shape index (κ3) is 6.28. The van der Waals surface area contributed by atoms with Crippen LogP contribution in [0.5, 0.6) is 11.5 Å². The van der Waals surface area contributed by atoms with Gasteiger partial charge in [-0.1, -0.05) is 23.2 Å². The molecule has 1 unspecified atom stereocenters. The van der Waals surface area contributed by atoms with E-state index >= 15 is 0 Å². The van der Waals surface area contributed by atoms with Gasteiger partial charge in [0.05, 0.1) is 16.4 Å². The molecule has 2 aromatic rings. The van der Waals surface area contributed by atoms with Crippen LogP contribution in [-0.4, -0.2) is 59.0 Å². The molecule has 33 heavy (non-hydrogen) atoms. The van der Waals surface area contributed by atoms with Crippen molar-refractivity contribution in [2.45, 2.75) is 25.3 Å². The Hall–Kier alpha value is -3.01. The summed E-state index contributed by atoms with van der Waals surface area (Å²) in [5, 5.41) is 27.3. The average Bonchev–Trinajstić information content (AvgIpc) is 3.17. The number of nitrogens with one attached hydrogen (secondary N) is 3.